The highest BCUT2D eigenvalue weighted by atomic mass is 16.4. The van der Waals surface area contributed by atoms with Crippen LogP contribution >= 0.6 is 0 Å². The number of carboxylic acid groups (broad SMARTS) is 1. The van der Waals surface area contributed by atoms with Crippen LogP contribution in [0.25, 0.3) is 11.1 Å². The standard InChI is InChI=1S/C28H33N5O2/c1-32(2)26-15-16-29-27(31-26)30-20-13-11-19(12-14-20)17-33(28(34)35)18-25-23-9-5-3-7-21(23)22-8-4-6-10-24(22)25/h3-10,15-16,19-20,25H,11-14,17-18H2,1-2H3,(H,34,35)(H,29,30,31). The molecule has 35 heavy (non-hydrogen) atoms. The molecular formula is C28H33N5O2. The fourth-order valence-electron chi connectivity index (χ4n) is 5.56. The second-order valence-corrected chi connectivity index (χ2v) is 9.91. The van der Waals surface area contributed by atoms with Gasteiger partial charge in [0.05, 0.1) is 0 Å². The first-order valence-corrected chi connectivity index (χ1v) is 12.4. The third kappa shape index (κ3) is 4.94. The van der Waals surface area contributed by atoms with Gasteiger partial charge in [-0.05, 0) is 59.9 Å². The van der Waals surface area contributed by atoms with Crippen molar-refractivity contribution in [2.75, 3.05) is 37.4 Å². The molecule has 2 N–H and O–H groups in total. The smallest absolute Gasteiger partial charge is 0.407 e. The lowest BCUT2D eigenvalue weighted by molar-refractivity contribution is 0.129. The molecule has 2 aromatic carbocycles. The molecule has 2 aliphatic rings. The van der Waals surface area contributed by atoms with Gasteiger partial charge in [0.1, 0.15) is 5.82 Å². The zero-order valence-corrected chi connectivity index (χ0v) is 20.4. The van der Waals surface area contributed by atoms with Gasteiger partial charge in [-0.15, -0.1) is 0 Å². The van der Waals surface area contributed by atoms with E-state index in [1.807, 2.05) is 25.1 Å². The quantitative estimate of drug-likeness (QED) is 0.486. The minimum atomic E-state index is -0.832. The van der Waals surface area contributed by atoms with Crippen LogP contribution in [0.5, 0.6) is 0 Å². The summed E-state index contributed by atoms with van der Waals surface area (Å²) in [5.41, 5.74) is 4.91. The summed E-state index contributed by atoms with van der Waals surface area (Å²) in [5.74, 6) is 1.98. The van der Waals surface area contributed by atoms with E-state index in [1.165, 1.54) is 22.3 Å². The van der Waals surface area contributed by atoms with E-state index in [0.29, 0.717) is 31.0 Å². The number of benzene rings is 2. The predicted molar refractivity (Wildman–Crippen MR) is 139 cm³/mol. The number of anilines is 2. The third-order valence-corrected chi connectivity index (χ3v) is 7.39. The van der Waals surface area contributed by atoms with Gasteiger partial charge in [-0.25, -0.2) is 9.78 Å². The number of fused-ring (bicyclic) bond motifs is 3. The van der Waals surface area contributed by atoms with Gasteiger partial charge in [0.2, 0.25) is 5.95 Å². The number of rotatable bonds is 7. The molecule has 1 amide bonds. The molecule has 1 fully saturated rings. The summed E-state index contributed by atoms with van der Waals surface area (Å²) in [6.45, 7) is 1.07. The minimum Gasteiger partial charge on any atom is -0.465 e. The van der Waals surface area contributed by atoms with Crippen molar-refractivity contribution in [1.82, 2.24) is 14.9 Å². The van der Waals surface area contributed by atoms with Crippen molar-refractivity contribution in [2.45, 2.75) is 37.6 Å². The van der Waals surface area contributed by atoms with Gasteiger partial charge >= 0.3 is 6.09 Å². The molecule has 0 atom stereocenters. The molecule has 0 aliphatic heterocycles. The van der Waals surface area contributed by atoms with Crippen molar-refractivity contribution in [2.24, 2.45) is 5.92 Å². The molecule has 0 saturated heterocycles. The van der Waals surface area contributed by atoms with Crippen molar-refractivity contribution in [3.8, 4) is 11.1 Å². The summed E-state index contributed by atoms with van der Waals surface area (Å²) in [6, 6.07) is 19.0. The number of nitrogens with one attached hydrogen (secondary N) is 1. The first kappa shape index (κ1) is 23.1. The Morgan fingerprint density at radius 3 is 2.17 bits per heavy atom. The largest absolute Gasteiger partial charge is 0.465 e. The van der Waals surface area contributed by atoms with E-state index in [2.05, 4.69) is 63.8 Å². The highest BCUT2D eigenvalue weighted by Gasteiger charge is 2.32. The Balaban J connectivity index is 1.22. The maximum Gasteiger partial charge on any atom is 0.407 e. The number of hydrogen-bond donors (Lipinski definition) is 2. The minimum absolute atomic E-state index is 0.0811. The van der Waals surface area contributed by atoms with E-state index in [0.717, 1.165) is 31.5 Å². The average Bonchev–Trinajstić information content (AvgIpc) is 3.18. The van der Waals surface area contributed by atoms with Gasteiger partial charge < -0.3 is 20.2 Å². The van der Waals surface area contributed by atoms with Gasteiger partial charge in [-0.1, -0.05) is 48.5 Å². The Labute approximate surface area is 206 Å². The van der Waals surface area contributed by atoms with E-state index in [4.69, 9.17) is 0 Å². The van der Waals surface area contributed by atoms with Crippen LogP contribution in [0.15, 0.2) is 60.8 Å². The molecule has 0 radical (unpaired) electrons. The molecule has 1 heterocycles. The van der Waals surface area contributed by atoms with Crippen LogP contribution in [0.1, 0.15) is 42.7 Å². The van der Waals surface area contributed by atoms with Crippen molar-refractivity contribution in [3.05, 3.63) is 71.9 Å². The lowest BCUT2D eigenvalue weighted by Crippen LogP contribution is -2.39. The molecule has 0 bridgehead atoms. The van der Waals surface area contributed by atoms with Crippen LogP contribution in [-0.2, 0) is 0 Å². The van der Waals surface area contributed by atoms with Crippen molar-refractivity contribution in [1.29, 1.82) is 0 Å². The lowest BCUT2D eigenvalue weighted by atomic mass is 9.85. The van der Waals surface area contributed by atoms with Crippen LogP contribution in [0.2, 0.25) is 0 Å². The van der Waals surface area contributed by atoms with Gasteiger partial charge in [0, 0.05) is 45.3 Å². The summed E-state index contributed by atoms with van der Waals surface area (Å²) >= 11 is 0. The van der Waals surface area contributed by atoms with Crippen molar-refractivity contribution >= 4 is 17.9 Å². The van der Waals surface area contributed by atoms with Gasteiger partial charge in [0.15, 0.2) is 0 Å². The normalized spacial score (nSPS) is 19.0. The van der Waals surface area contributed by atoms with Crippen LogP contribution < -0.4 is 10.2 Å². The van der Waals surface area contributed by atoms with E-state index >= 15 is 0 Å². The summed E-state index contributed by atoms with van der Waals surface area (Å²) in [7, 11) is 3.93. The summed E-state index contributed by atoms with van der Waals surface area (Å²) in [6.07, 6.45) is 4.91. The second kappa shape index (κ2) is 9.94. The Morgan fingerprint density at radius 1 is 0.943 bits per heavy atom. The maximum atomic E-state index is 12.3. The summed E-state index contributed by atoms with van der Waals surface area (Å²) in [4.78, 5) is 24.8. The first-order valence-electron chi connectivity index (χ1n) is 12.4. The Kier molecular flexibility index (Phi) is 6.57. The number of hydrogen-bond acceptors (Lipinski definition) is 5. The zero-order valence-electron chi connectivity index (χ0n) is 20.4. The van der Waals surface area contributed by atoms with E-state index in [1.54, 1.807) is 11.1 Å². The molecular weight excluding hydrogens is 438 g/mol. The first-order chi connectivity index (χ1) is 17.0. The molecule has 182 valence electrons. The number of nitrogens with zero attached hydrogens (tertiary/aromatic N) is 4. The Hall–Kier alpha value is -3.61. The topological polar surface area (TPSA) is 81.6 Å². The fraction of sp³-hybridized carbons (Fsp3) is 0.393. The fourth-order valence-corrected chi connectivity index (χ4v) is 5.56. The lowest BCUT2D eigenvalue weighted by Gasteiger charge is -2.33. The van der Waals surface area contributed by atoms with Gasteiger partial charge in [0.25, 0.3) is 0 Å². The molecule has 1 aromatic heterocycles. The molecule has 7 nitrogen and oxygen atoms in total. The Bertz CT molecular complexity index is 1140. The molecule has 5 rings (SSSR count). The number of aromatic nitrogens is 2. The molecule has 3 aromatic rings. The average molecular weight is 472 g/mol. The van der Waals surface area contributed by atoms with E-state index in [9.17, 15) is 9.90 Å². The summed E-state index contributed by atoms with van der Waals surface area (Å²) in [5, 5.41) is 13.5. The Morgan fingerprint density at radius 2 is 1.57 bits per heavy atom. The number of amides is 1. The molecule has 7 heteroatoms. The monoisotopic (exact) mass is 471 g/mol. The van der Waals surface area contributed by atoms with Crippen LogP contribution in [0.3, 0.4) is 0 Å². The molecule has 1 saturated carbocycles. The van der Waals surface area contributed by atoms with E-state index < -0.39 is 6.09 Å². The van der Waals surface area contributed by atoms with Gasteiger partial charge in [-0.3, -0.25) is 0 Å². The molecule has 0 spiro atoms. The van der Waals surface area contributed by atoms with E-state index in [-0.39, 0.29) is 5.92 Å². The SMILES string of the molecule is CN(C)c1ccnc(NC2CCC(CN(CC3c4ccccc4-c4ccccc43)C(=O)O)CC2)n1. The van der Waals surface area contributed by atoms with Crippen molar-refractivity contribution in [3.63, 3.8) is 0 Å². The van der Waals surface area contributed by atoms with Gasteiger partial charge in [-0.2, -0.15) is 4.98 Å². The van der Waals surface area contributed by atoms with Crippen LogP contribution in [0, 0.1) is 5.92 Å². The molecule has 0 unspecified atom stereocenters. The van der Waals surface area contributed by atoms with Crippen molar-refractivity contribution < 1.29 is 9.90 Å². The highest BCUT2D eigenvalue weighted by molar-refractivity contribution is 5.79. The molecule has 2 aliphatic carbocycles. The second-order valence-electron chi connectivity index (χ2n) is 9.91. The van der Waals surface area contributed by atoms with Crippen LogP contribution in [0.4, 0.5) is 16.6 Å². The number of carbonyl (C=O) groups is 1. The predicted octanol–water partition coefficient (Wildman–Crippen LogP) is 5.31. The zero-order chi connectivity index (χ0) is 24.4. The van der Waals surface area contributed by atoms with Crippen LogP contribution in [-0.4, -0.2) is 59.3 Å². The summed E-state index contributed by atoms with van der Waals surface area (Å²) < 4.78 is 0. The third-order valence-electron chi connectivity index (χ3n) is 7.39. The maximum absolute atomic E-state index is 12.3. The highest BCUT2D eigenvalue weighted by Crippen LogP contribution is 2.45.